The second-order valence-electron chi connectivity index (χ2n) is 7.50. The number of hydrogen-bond acceptors (Lipinski definition) is 4. The van der Waals surface area contributed by atoms with E-state index in [9.17, 15) is 23.8 Å². The van der Waals surface area contributed by atoms with E-state index < -0.39 is 11.6 Å². The quantitative estimate of drug-likeness (QED) is 0.680. The molecule has 2 atom stereocenters. The van der Waals surface area contributed by atoms with Crippen LogP contribution in [0.5, 0.6) is 5.75 Å². The number of phenolic OH excluding ortho intramolecular Hbond substituents is 1. The molecule has 1 fully saturated rings. The van der Waals surface area contributed by atoms with Gasteiger partial charge >= 0.3 is 0 Å². The summed E-state index contributed by atoms with van der Waals surface area (Å²) in [7, 11) is 0. The Bertz CT molecular complexity index is 810. The van der Waals surface area contributed by atoms with Crippen molar-refractivity contribution in [2.75, 3.05) is 26.2 Å². The Morgan fingerprint density at radius 2 is 1.79 bits per heavy atom. The van der Waals surface area contributed by atoms with Gasteiger partial charge in [-0.15, -0.1) is 0 Å². The van der Waals surface area contributed by atoms with Gasteiger partial charge in [0.25, 0.3) is 0 Å². The molecular formula is C22H25F2NO3. The SMILES string of the molecule is O=C(CN1C[C@@H](CCCc2ccc(F)cc2)[C@@H](CO)C1)c1ccc(O)c(F)c1. The maximum Gasteiger partial charge on any atom is 0.176 e. The number of hydrogen-bond donors (Lipinski definition) is 2. The Balaban J connectivity index is 1.51. The van der Waals surface area contributed by atoms with E-state index in [0.29, 0.717) is 13.1 Å². The van der Waals surface area contributed by atoms with Crippen LogP contribution < -0.4 is 0 Å². The van der Waals surface area contributed by atoms with Gasteiger partial charge in [-0.1, -0.05) is 12.1 Å². The highest BCUT2D eigenvalue weighted by molar-refractivity contribution is 5.97. The Kier molecular flexibility index (Phi) is 6.75. The zero-order valence-electron chi connectivity index (χ0n) is 15.7. The van der Waals surface area contributed by atoms with E-state index >= 15 is 0 Å². The Morgan fingerprint density at radius 3 is 2.46 bits per heavy atom. The van der Waals surface area contributed by atoms with Crippen LogP contribution in [0.25, 0.3) is 0 Å². The minimum absolute atomic E-state index is 0.0692. The molecule has 2 aromatic carbocycles. The number of likely N-dealkylation sites (tertiary alicyclic amines) is 1. The molecule has 1 heterocycles. The van der Waals surface area contributed by atoms with Crippen molar-refractivity contribution in [3.05, 3.63) is 65.2 Å². The van der Waals surface area contributed by atoms with E-state index in [4.69, 9.17) is 0 Å². The number of ketones is 1. The summed E-state index contributed by atoms with van der Waals surface area (Å²) in [4.78, 5) is 14.4. The van der Waals surface area contributed by atoms with Gasteiger partial charge in [-0.05, 0) is 67.0 Å². The summed E-state index contributed by atoms with van der Waals surface area (Å²) in [6.45, 7) is 1.57. The van der Waals surface area contributed by atoms with Crippen molar-refractivity contribution in [1.29, 1.82) is 0 Å². The molecule has 1 aliphatic heterocycles. The molecule has 28 heavy (non-hydrogen) atoms. The average Bonchev–Trinajstić information content (AvgIpc) is 3.07. The lowest BCUT2D eigenvalue weighted by molar-refractivity contribution is 0.0939. The fraction of sp³-hybridized carbons (Fsp3) is 0.409. The monoisotopic (exact) mass is 389 g/mol. The number of Topliss-reactive ketones (excluding diaryl/α,β-unsaturated/α-hetero) is 1. The second-order valence-corrected chi connectivity index (χ2v) is 7.50. The van der Waals surface area contributed by atoms with Crippen molar-refractivity contribution in [1.82, 2.24) is 4.90 Å². The first kappa shape index (κ1) is 20.4. The molecule has 0 bridgehead atoms. The maximum atomic E-state index is 13.5. The molecule has 3 rings (SSSR count). The third kappa shape index (κ3) is 5.14. The topological polar surface area (TPSA) is 60.8 Å². The molecule has 2 aromatic rings. The predicted octanol–water partition coefficient (Wildman–Crippen LogP) is 3.42. The highest BCUT2D eigenvalue weighted by atomic mass is 19.1. The molecule has 0 aromatic heterocycles. The van der Waals surface area contributed by atoms with Crippen molar-refractivity contribution in [3.63, 3.8) is 0 Å². The molecule has 150 valence electrons. The zero-order chi connectivity index (χ0) is 20.1. The van der Waals surface area contributed by atoms with Gasteiger partial charge < -0.3 is 10.2 Å². The standard InChI is InChI=1S/C22H25F2NO3/c23-19-7-4-15(5-8-19)2-1-3-17-11-25(12-18(17)14-26)13-22(28)16-6-9-21(27)20(24)10-16/h4-10,17-18,26-27H,1-3,11-14H2/t17-,18-/m1/s1. The molecule has 1 aliphatic rings. The molecule has 1 saturated heterocycles. The number of nitrogens with zero attached hydrogens (tertiary/aromatic N) is 1. The lowest BCUT2D eigenvalue weighted by Crippen LogP contribution is -2.28. The van der Waals surface area contributed by atoms with E-state index in [1.807, 2.05) is 4.90 Å². The number of halogens is 2. The van der Waals surface area contributed by atoms with E-state index in [-0.39, 0.29) is 42.2 Å². The van der Waals surface area contributed by atoms with Crippen molar-refractivity contribution in [2.45, 2.75) is 19.3 Å². The summed E-state index contributed by atoms with van der Waals surface area (Å²) in [6.07, 6.45) is 2.69. The summed E-state index contributed by atoms with van der Waals surface area (Å²) in [5, 5.41) is 18.9. The fourth-order valence-electron chi connectivity index (χ4n) is 3.89. The van der Waals surface area contributed by atoms with Gasteiger partial charge in [0.1, 0.15) is 5.82 Å². The molecule has 0 unspecified atom stereocenters. The fourth-order valence-corrected chi connectivity index (χ4v) is 3.89. The van der Waals surface area contributed by atoms with Gasteiger partial charge in [-0.3, -0.25) is 9.69 Å². The van der Waals surface area contributed by atoms with Gasteiger partial charge in [0, 0.05) is 25.3 Å². The van der Waals surface area contributed by atoms with Crippen molar-refractivity contribution >= 4 is 5.78 Å². The molecule has 0 radical (unpaired) electrons. The van der Waals surface area contributed by atoms with Crippen LogP contribution in [0.3, 0.4) is 0 Å². The number of aromatic hydroxyl groups is 1. The Hall–Kier alpha value is -2.31. The molecule has 6 heteroatoms. The summed E-state index contributed by atoms with van der Waals surface area (Å²) >= 11 is 0. The summed E-state index contributed by atoms with van der Waals surface area (Å²) in [6, 6.07) is 10.1. The van der Waals surface area contributed by atoms with Crippen LogP contribution in [-0.2, 0) is 6.42 Å². The highest BCUT2D eigenvalue weighted by Crippen LogP contribution is 2.28. The Morgan fingerprint density at radius 1 is 1.07 bits per heavy atom. The van der Waals surface area contributed by atoms with Gasteiger partial charge in [0.2, 0.25) is 0 Å². The van der Waals surface area contributed by atoms with Gasteiger partial charge in [0.15, 0.2) is 17.3 Å². The molecule has 0 aliphatic carbocycles. The first-order chi connectivity index (χ1) is 13.5. The van der Waals surface area contributed by atoms with Crippen LogP contribution in [0.4, 0.5) is 8.78 Å². The average molecular weight is 389 g/mol. The largest absolute Gasteiger partial charge is 0.505 e. The number of carbonyl (C=O) groups excluding carboxylic acids is 1. The van der Waals surface area contributed by atoms with Crippen molar-refractivity contribution in [3.8, 4) is 5.75 Å². The van der Waals surface area contributed by atoms with E-state index in [0.717, 1.165) is 30.9 Å². The first-order valence-electron chi connectivity index (χ1n) is 9.55. The molecule has 0 saturated carbocycles. The number of rotatable bonds is 8. The number of aliphatic hydroxyl groups is 1. The molecule has 2 N–H and O–H groups in total. The number of aryl methyl sites for hydroxylation is 1. The first-order valence-corrected chi connectivity index (χ1v) is 9.55. The highest BCUT2D eigenvalue weighted by Gasteiger charge is 2.32. The third-order valence-corrected chi connectivity index (χ3v) is 5.48. The van der Waals surface area contributed by atoms with Crippen LogP contribution in [-0.4, -0.2) is 47.1 Å². The van der Waals surface area contributed by atoms with Crippen LogP contribution in [0, 0.1) is 23.5 Å². The molecule has 0 amide bonds. The van der Waals surface area contributed by atoms with Gasteiger partial charge in [-0.2, -0.15) is 0 Å². The lowest BCUT2D eigenvalue weighted by Gasteiger charge is -2.16. The second kappa shape index (κ2) is 9.26. The number of benzene rings is 2. The smallest absolute Gasteiger partial charge is 0.176 e. The summed E-state index contributed by atoms with van der Waals surface area (Å²) < 4.78 is 26.4. The van der Waals surface area contributed by atoms with Crippen LogP contribution in [0.15, 0.2) is 42.5 Å². The van der Waals surface area contributed by atoms with Gasteiger partial charge in [-0.25, -0.2) is 8.78 Å². The minimum Gasteiger partial charge on any atom is -0.505 e. The number of phenols is 1. The zero-order valence-corrected chi connectivity index (χ0v) is 15.7. The van der Waals surface area contributed by atoms with E-state index in [1.54, 1.807) is 12.1 Å². The van der Waals surface area contributed by atoms with Crippen LogP contribution in [0.1, 0.15) is 28.8 Å². The Labute approximate surface area is 163 Å². The molecule has 4 nitrogen and oxygen atoms in total. The summed E-state index contributed by atoms with van der Waals surface area (Å²) in [5.74, 6) is -1.33. The predicted molar refractivity (Wildman–Crippen MR) is 102 cm³/mol. The normalized spacial score (nSPS) is 19.8. The molecular weight excluding hydrogens is 364 g/mol. The van der Waals surface area contributed by atoms with Gasteiger partial charge in [0.05, 0.1) is 6.54 Å². The van der Waals surface area contributed by atoms with Crippen LogP contribution in [0.2, 0.25) is 0 Å². The van der Waals surface area contributed by atoms with Crippen molar-refractivity contribution in [2.24, 2.45) is 11.8 Å². The third-order valence-electron chi connectivity index (χ3n) is 5.48. The molecule has 0 spiro atoms. The van der Waals surface area contributed by atoms with E-state index in [1.165, 1.54) is 24.3 Å². The lowest BCUT2D eigenvalue weighted by atomic mass is 9.91. The number of carbonyl (C=O) groups is 1. The van der Waals surface area contributed by atoms with Crippen molar-refractivity contribution < 1.29 is 23.8 Å². The summed E-state index contributed by atoms with van der Waals surface area (Å²) in [5.41, 5.74) is 1.32. The number of aliphatic hydroxyl groups excluding tert-OH is 1. The van der Waals surface area contributed by atoms with Crippen LogP contribution >= 0.6 is 0 Å². The minimum atomic E-state index is -0.806. The maximum absolute atomic E-state index is 13.5. The van der Waals surface area contributed by atoms with E-state index in [2.05, 4.69) is 0 Å².